The zero-order valence-corrected chi connectivity index (χ0v) is 13.2. The van der Waals surface area contributed by atoms with Crippen molar-refractivity contribution in [2.45, 2.75) is 32.9 Å². The molecule has 0 aliphatic carbocycles. The highest BCUT2D eigenvalue weighted by molar-refractivity contribution is 7.09. The number of carbonyl (C=O) groups excluding carboxylic acids is 2. The first-order valence-electron chi connectivity index (χ1n) is 6.51. The third-order valence-electron chi connectivity index (χ3n) is 2.71. The third-order valence-corrected chi connectivity index (χ3v) is 3.58. The monoisotopic (exact) mass is 298 g/mol. The second kappa shape index (κ2) is 7.35. The number of amides is 2. The van der Waals surface area contributed by atoms with Crippen LogP contribution in [-0.4, -0.2) is 41.8 Å². The second-order valence-electron chi connectivity index (χ2n) is 5.22. The van der Waals surface area contributed by atoms with Crippen LogP contribution < -0.4 is 11.1 Å². The van der Waals surface area contributed by atoms with Crippen molar-refractivity contribution in [1.82, 2.24) is 15.2 Å². The standard InChI is InChI=1S/C13H22N4O2S/c1-8(2)5-9(13(19)17(3)4)16-12(18)10-7-20-11(6-14)15-10/h7-9H,5-6,14H2,1-4H3,(H,16,18). The highest BCUT2D eigenvalue weighted by Crippen LogP contribution is 2.11. The Morgan fingerprint density at radius 2 is 2.10 bits per heavy atom. The van der Waals surface area contributed by atoms with E-state index in [1.165, 1.54) is 16.2 Å². The zero-order valence-electron chi connectivity index (χ0n) is 12.3. The van der Waals surface area contributed by atoms with Crippen molar-refractivity contribution in [2.24, 2.45) is 11.7 Å². The molecule has 0 aromatic carbocycles. The van der Waals surface area contributed by atoms with E-state index in [0.717, 1.165) is 0 Å². The summed E-state index contributed by atoms with van der Waals surface area (Å²) in [4.78, 5) is 29.8. The molecule has 0 aliphatic rings. The molecule has 112 valence electrons. The minimum Gasteiger partial charge on any atom is -0.347 e. The molecule has 0 saturated heterocycles. The molecule has 1 heterocycles. The van der Waals surface area contributed by atoms with Crippen LogP contribution in [0.5, 0.6) is 0 Å². The highest BCUT2D eigenvalue weighted by Gasteiger charge is 2.24. The molecule has 1 aromatic rings. The van der Waals surface area contributed by atoms with E-state index >= 15 is 0 Å². The van der Waals surface area contributed by atoms with Crippen LogP contribution in [0.4, 0.5) is 0 Å². The number of carbonyl (C=O) groups is 2. The maximum atomic E-state index is 12.1. The normalized spacial score (nSPS) is 12.3. The van der Waals surface area contributed by atoms with Crippen LogP contribution >= 0.6 is 11.3 Å². The molecule has 1 aromatic heterocycles. The highest BCUT2D eigenvalue weighted by atomic mass is 32.1. The molecule has 0 radical (unpaired) electrons. The first-order valence-corrected chi connectivity index (χ1v) is 7.39. The fraction of sp³-hybridized carbons (Fsp3) is 0.615. The summed E-state index contributed by atoms with van der Waals surface area (Å²) in [6.45, 7) is 4.33. The van der Waals surface area contributed by atoms with Crippen molar-refractivity contribution >= 4 is 23.2 Å². The van der Waals surface area contributed by atoms with E-state index in [1.54, 1.807) is 19.5 Å². The third kappa shape index (κ3) is 4.57. The van der Waals surface area contributed by atoms with Crippen molar-refractivity contribution in [2.75, 3.05) is 14.1 Å². The van der Waals surface area contributed by atoms with Crippen molar-refractivity contribution in [3.63, 3.8) is 0 Å². The first-order chi connectivity index (χ1) is 9.35. The molecule has 0 fully saturated rings. The van der Waals surface area contributed by atoms with E-state index in [9.17, 15) is 9.59 Å². The molecule has 1 rings (SSSR count). The number of thiazole rings is 1. The van der Waals surface area contributed by atoms with Gasteiger partial charge >= 0.3 is 0 Å². The van der Waals surface area contributed by atoms with Crippen LogP contribution in [0.25, 0.3) is 0 Å². The number of nitrogens with one attached hydrogen (secondary N) is 1. The number of nitrogens with two attached hydrogens (primary N) is 1. The van der Waals surface area contributed by atoms with E-state index in [4.69, 9.17) is 5.73 Å². The SMILES string of the molecule is CC(C)CC(NC(=O)c1csc(CN)n1)C(=O)N(C)C. The Morgan fingerprint density at radius 3 is 2.55 bits per heavy atom. The average molecular weight is 298 g/mol. The summed E-state index contributed by atoms with van der Waals surface area (Å²) in [7, 11) is 3.36. The van der Waals surface area contributed by atoms with E-state index in [0.29, 0.717) is 29.6 Å². The van der Waals surface area contributed by atoms with Gasteiger partial charge in [0.1, 0.15) is 16.7 Å². The predicted octanol–water partition coefficient (Wildman–Crippen LogP) is 0.834. The molecule has 7 heteroatoms. The molecular weight excluding hydrogens is 276 g/mol. The number of likely N-dealkylation sites (N-methyl/N-ethyl adjacent to an activating group) is 1. The van der Waals surface area contributed by atoms with Gasteiger partial charge in [-0.05, 0) is 12.3 Å². The largest absolute Gasteiger partial charge is 0.347 e. The van der Waals surface area contributed by atoms with E-state index < -0.39 is 6.04 Å². The second-order valence-corrected chi connectivity index (χ2v) is 6.16. The minimum atomic E-state index is -0.527. The van der Waals surface area contributed by atoms with E-state index in [-0.39, 0.29) is 11.8 Å². The Kier molecular flexibility index (Phi) is 6.09. The molecule has 0 saturated carbocycles. The summed E-state index contributed by atoms with van der Waals surface area (Å²) in [6.07, 6.45) is 0.594. The number of nitrogens with zero attached hydrogens (tertiary/aromatic N) is 2. The Labute approximate surface area is 123 Å². The lowest BCUT2D eigenvalue weighted by Gasteiger charge is -2.22. The van der Waals surface area contributed by atoms with E-state index in [2.05, 4.69) is 10.3 Å². The van der Waals surface area contributed by atoms with Gasteiger partial charge in [-0.1, -0.05) is 13.8 Å². The molecule has 6 nitrogen and oxygen atoms in total. The minimum absolute atomic E-state index is 0.110. The summed E-state index contributed by atoms with van der Waals surface area (Å²) < 4.78 is 0. The van der Waals surface area contributed by atoms with Crippen LogP contribution in [-0.2, 0) is 11.3 Å². The van der Waals surface area contributed by atoms with Crippen LogP contribution in [0.1, 0.15) is 35.8 Å². The summed E-state index contributed by atoms with van der Waals surface area (Å²) in [5.41, 5.74) is 5.79. The van der Waals surface area contributed by atoms with Crippen LogP contribution in [0, 0.1) is 5.92 Å². The van der Waals surface area contributed by atoms with Gasteiger partial charge in [-0.2, -0.15) is 0 Å². The van der Waals surface area contributed by atoms with Crippen molar-refractivity contribution in [1.29, 1.82) is 0 Å². The Morgan fingerprint density at radius 1 is 1.45 bits per heavy atom. The summed E-state index contributed by atoms with van der Waals surface area (Å²) in [5, 5.41) is 5.12. The number of aromatic nitrogens is 1. The Bertz CT molecular complexity index is 471. The lowest BCUT2D eigenvalue weighted by Crippen LogP contribution is -2.47. The quantitative estimate of drug-likeness (QED) is 0.814. The van der Waals surface area contributed by atoms with Crippen LogP contribution in [0.15, 0.2) is 5.38 Å². The molecule has 20 heavy (non-hydrogen) atoms. The Balaban J connectivity index is 2.78. The van der Waals surface area contributed by atoms with Crippen molar-refractivity contribution in [3.05, 3.63) is 16.1 Å². The number of hydrogen-bond donors (Lipinski definition) is 2. The molecule has 0 spiro atoms. The van der Waals surface area contributed by atoms with Gasteiger partial charge in [0.05, 0.1) is 0 Å². The summed E-state index contributed by atoms with van der Waals surface area (Å²) in [5.74, 6) is -0.137. The van der Waals surface area contributed by atoms with E-state index in [1.807, 2.05) is 13.8 Å². The fourth-order valence-corrected chi connectivity index (χ4v) is 2.40. The maximum Gasteiger partial charge on any atom is 0.271 e. The maximum absolute atomic E-state index is 12.1. The number of rotatable bonds is 6. The van der Waals surface area contributed by atoms with Gasteiger partial charge < -0.3 is 16.0 Å². The van der Waals surface area contributed by atoms with Crippen LogP contribution in [0.2, 0.25) is 0 Å². The average Bonchev–Trinajstić information content (AvgIpc) is 2.85. The molecule has 0 aliphatic heterocycles. The number of hydrogen-bond acceptors (Lipinski definition) is 5. The molecule has 0 bridgehead atoms. The van der Waals surface area contributed by atoms with Gasteiger partial charge in [0.15, 0.2) is 0 Å². The van der Waals surface area contributed by atoms with Gasteiger partial charge in [-0.3, -0.25) is 9.59 Å². The van der Waals surface area contributed by atoms with Gasteiger partial charge in [0.2, 0.25) is 5.91 Å². The Hall–Kier alpha value is -1.47. The molecule has 1 atom stereocenters. The smallest absolute Gasteiger partial charge is 0.271 e. The van der Waals surface area contributed by atoms with Gasteiger partial charge in [0, 0.05) is 26.0 Å². The topological polar surface area (TPSA) is 88.3 Å². The zero-order chi connectivity index (χ0) is 15.3. The van der Waals surface area contributed by atoms with Gasteiger partial charge in [-0.15, -0.1) is 11.3 Å². The molecular formula is C13H22N4O2S. The first kappa shape index (κ1) is 16.6. The fourth-order valence-electron chi connectivity index (χ4n) is 1.75. The van der Waals surface area contributed by atoms with Crippen molar-refractivity contribution in [3.8, 4) is 0 Å². The summed E-state index contributed by atoms with van der Waals surface area (Å²) in [6, 6.07) is -0.527. The molecule has 2 amide bonds. The lowest BCUT2D eigenvalue weighted by atomic mass is 10.0. The summed E-state index contributed by atoms with van der Waals surface area (Å²) >= 11 is 1.34. The van der Waals surface area contributed by atoms with Gasteiger partial charge in [-0.25, -0.2) is 4.98 Å². The lowest BCUT2D eigenvalue weighted by molar-refractivity contribution is -0.131. The predicted molar refractivity (Wildman–Crippen MR) is 79.4 cm³/mol. The van der Waals surface area contributed by atoms with Gasteiger partial charge in [0.25, 0.3) is 5.91 Å². The molecule has 3 N–H and O–H groups in total. The van der Waals surface area contributed by atoms with Crippen LogP contribution in [0.3, 0.4) is 0 Å². The van der Waals surface area contributed by atoms with Crippen molar-refractivity contribution < 1.29 is 9.59 Å². The molecule has 1 unspecified atom stereocenters.